The summed E-state index contributed by atoms with van der Waals surface area (Å²) in [6, 6.07) is 4.93. The summed E-state index contributed by atoms with van der Waals surface area (Å²) in [6.45, 7) is 0.283. The van der Waals surface area contributed by atoms with Crippen molar-refractivity contribution in [2.24, 2.45) is 10.7 Å². The zero-order chi connectivity index (χ0) is 13.6. The van der Waals surface area contributed by atoms with Crippen LogP contribution in [0.5, 0.6) is 0 Å². The molecule has 0 aliphatic carbocycles. The number of hydrogen-bond acceptors (Lipinski definition) is 1. The molecule has 96 valence electrons. The number of aliphatic imine (C=N–C) groups is 1. The molecule has 0 heterocycles. The molecular weight excluding hydrogens is 243 g/mol. The topological polar surface area (TPSA) is 50.4 Å². The van der Waals surface area contributed by atoms with E-state index in [1.807, 2.05) is 0 Å². The molecule has 0 aliphatic heterocycles. The van der Waals surface area contributed by atoms with Gasteiger partial charge in [0.05, 0.1) is 18.7 Å². The molecule has 0 saturated heterocycles. The largest absolute Gasteiger partial charge is 0.416 e. The molecule has 0 radical (unpaired) electrons. The van der Waals surface area contributed by atoms with E-state index >= 15 is 0 Å². The smallest absolute Gasteiger partial charge is 0.370 e. The number of alkyl halides is 3. The van der Waals surface area contributed by atoms with Crippen molar-refractivity contribution in [1.82, 2.24) is 5.32 Å². The van der Waals surface area contributed by atoms with Crippen molar-refractivity contribution in [2.75, 3.05) is 6.54 Å². The lowest BCUT2D eigenvalue weighted by Crippen LogP contribution is -2.31. The van der Waals surface area contributed by atoms with E-state index in [4.69, 9.17) is 12.2 Å². The first-order valence-electron chi connectivity index (χ1n) is 5.07. The molecule has 1 aromatic rings. The minimum absolute atomic E-state index is 0.0628. The predicted molar refractivity (Wildman–Crippen MR) is 63.6 cm³/mol. The molecule has 0 atom stereocenters. The van der Waals surface area contributed by atoms with Crippen LogP contribution in [0.25, 0.3) is 0 Å². The number of benzene rings is 1. The molecule has 3 nitrogen and oxygen atoms in total. The van der Waals surface area contributed by atoms with Crippen molar-refractivity contribution in [3.05, 3.63) is 35.4 Å². The lowest BCUT2D eigenvalue weighted by molar-refractivity contribution is -0.137. The molecule has 0 unspecified atom stereocenters. The van der Waals surface area contributed by atoms with Gasteiger partial charge in [0.25, 0.3) is 0 Å². The van der Waals surface area contributed by atoms with Gasteiger partial charge >= 0.3 is 6.18 Å². The first-order valence-corrected chi connectivity index (χ1v) is 5.07. The van der Waals surface area contributed by atoms with E-state index in [1.165, 1.54) is 6.07 Å². The third-order valence-corrected chi connectivity index (χ3v) is 2.06. The summed E-state index contributed by atoms with van der Waals surface area (Å²) < 4.78 is 37.3. The van der Waals surface area contributed by atoms with Gasteiger partial charge in [-0.1, -0.05) is 18.1 Å². The summed E-state index contributed by atoms with van der Waals surface area (Å²) in [6.07, 6.45) is 0.650. The maximum absolute atomic E-state index is 12.4. The monoisotopic (exact) mass is 255 g/mol. The predicted octanol–water partition coefficient (Wildman–Crippen LogP) is 1.74. The quantitative estimate of drug-likeness (QED) is 0.491. The highest BCUT2D eigenvalue weighted by atomic mass is 19.4. The molecule has 18 heavy (non-hydrogen) atoms. The highest BCUT2D eigenvalue weighted by Crippen LogP contribution is 2.29. The van der Waals surface area contributed by atoms with Crippen LogP contribution in [0.3, 0.4) is 0 Å². The first kappa shape index (κ1) is 13.9. The van der Waals surface area contributed by atoms with E-state index in [1.54, 1.807) is 6.07 Å². The van der Waals surface area contributed by atoms with Crippen LogP contribution >= 0.6 is 0 Å². The number of halogens is 3. The van der Waals surface area contributed by atoms with Crippen molar-refractivity contribution in [1.29, 1.82) is 0 Å². The maximum Gasteiger partial charge on any atom is 0.416 e. The Bertz CT molecular complexity index is 472. The van der Waals surface area contributed by atoms with Crippen LogP contribution in [0, 0.1) is 12.3 Å². The van der Waals surface area contributed by atoms with Gasteiger partial charge in [0.15, 0.2) is 5.96 Å². The average molecular weight is 255 g/mol. The van der Waals surface area contributed by atoms with Crippen molar-refractivity contribution < 1.29 is 13.2 Å². The van der Waals surface area contributed by atoms with Crippen LogP contribution in [-0.2, 0) is 12.7 Å². The molecule has 0 bridgehead atoms. The van der Waals surface area contributed by atoms with Crippen LogP contribution in [0.4, 0.5) is 13.2 Å². The third kappa shape index (κ3) is 4.37. The number of guanidine groups is 1. The van der Waals surface area contributed by atoms with Crippen molar-refractivity contribution in [3.8, 4) is 12.3 Å². The summed E-state index contributed by atoms with van der Waals surface area (Å²) in [4.78, 5) is 3.88. The number of rotatable bonds is 3. The highest BCUT2D eigenvalue weighted by molar-refractivity contribution is 5.78. The van der Waals surface area contributed by atoms with Crippen LogP contribution in [0.15, 0.2) is 29.3 Å². The molecule has 0 aromatic heterocycles. The van der Waals surface area contributed by atoms with Crippen LogP contribution in [0.2, 0.25) is 0 Å². The minimum atomic E-state index is -4.35. The summed E-state index contributed by atoms with van der Waals surface area (Å²) in [5.41, 5.74) is 5.18. The normalized spacial score (nSPS) is 12.0. The van der Waals surface area contributed by atoms with Gasteiger partial charge in [-0.2, -0.15) is 13.2 Å². The third-order valence-electron chi connectivity index (χ3n) is 2.06. The van der Waals surface area contributed by atoms with Crippen LogP contribution in [0.1, 0.15) is 11.1 Å². The zero-order valence-electron chi connectivity index (χ0n) is 9.46. The minimum Gasteiger partial charge on any atom is -0.370 e. The SMILES string of the molecule is C#CCNC(N)=NCc1cccc(C(F)(F)F)c1. The van der Waals surface area contributed by atoms with E-state index < -0.39 is 11.7 Å². The van der Waals surface area contributed by atoms with E-state index in [9.17, 15) is 13.2 Å². The van der Waals surface area contributed by atoms with Gasteiger partial charge in [-0.15, -0.1) is 6.42 Å². The fourth-order valence-electron chi connectivity index (χ4n) is 1.22. The fraction of sp³-hybridized carbons (Fsp3) is 0.250. The summed E-state index contributed by atoms with van der Waals surface area (Å²) in [5, 5.41) is 2.62. The fourth-order valence-corrected chi connectivity index (χ4v) is 1.22. The Morgan fingerprint density at radius 3 is 2.78 bits per heavy atom. The van der Waals surface area contributed by atoms with E-state index in [-0.39, 0.29) is 19.0 Å². The van der Waals surface area contributed by atoms with E-state index in [0.29, 0.717) is 5.56 Å². The Hall–Kier alpha value is -2.16. The lowest BCUT2D eigenvalue weighted by atomic mass is 10.1. The number of nitrogens with zero attached hydrogens (tertiary/aromatic N) is 1. The molecule has 0 fully saturated rings. The number of hydrogen-bond donors (Lipinski definition) is 2. The Morgan fingerprint density at radius 1 is 1.44 bits per heavy atom. The van der Waals surface area contributed by atoms with Gasteiger partial charge in [0.1, 0.15) is 0 Å². The Balaban J connectivity index is 2.72. The molecule has 0 saturated carbocycles. The number of nitrogens with one attached hydrogen (secondary N) is 1. The number of nitrogens with two attached hydrogens (primary N) is 1. The second-order valence-corrected chi connectivity index (χ2v) is 3.46. The molecule has 0 amide bonds. The molecule has 1 aromatic carbocycles. The van der Waals surface area contributed by atoms with Crippen LogP contribution in [-0.4, -0.2) is 12.5 Å². The Kier molecular flexibility index (Phi) is 4.60. The Labute approximate surface area is 103 Å². The maximum atomic E-state index is 12.4. The zero-order valence-corrected chi connectivity index (χ0v) is 9.46. The van der Waals surface area contributed by atoms with Crippen molar-refractivity contribution in [3.63, 3.8) is 0 Å². The van der Waals surface area contributed by atoms with Gasteiger partial charge in [0.2, 0.25) is 0 Å². The second kappa shape index (κ2) is 5.96. The average Bonchev–Trinajstić information content (AvgIpc) is 2.33. The summed E-state index contributed by atoms with van der Waals surface area (Å²) in [7, 11) is 0. The van der Waals surface area contributed by atoms with Crippen molar-refractivity contribution >= 4 is 5.96 Å². The van der Waals surface area contributed by atoms with Gasteiger partial charge in [-0.05, 0) is 17.7 Å². The van der Waals surface area contributed by atoms with Crippen molar-refractivity contribution in [2.45, 2.75) is 12.7 Å². The standard InChI is InChI=1S/C12H12F3N3/c1-2-6-17-11(16)18-8-9-4-3-5-10(7-9)12(13,14)15/h1,3-5,7H,6,8H2,(H3,16,17,18). The molecular formula is C12H12F3N3. The number of terminal acetylenes is 1. The van der Waals surface area contributed by atoms with E-state index in [2.05, 4.69) is 16.2 Å². The summed E-state index contributed by atoms with van der Waals surface area (Å²) >= 11 is 0. The molecule has 3 N–H and O–H groups in total. The van der Waals surface area contributed by atoms with Gasteiger partial charge < -0.3 is 11.1 Å². The lowest BCUT2D eigenvalue weighted by Gasteiger charge is -2.07. The second-order valence-electron chi connectivity index (χ2n) is 3.46. The molecule has 0 spiro atoms. The van der Waals surface area contributed by atoms with Gasteiger partial charge in [-0.25, -0.2) is 4.99 Å². The molecule has 6 heteroatoms. The summed E-state index contributed by atoms with van der Waals surface area (Å²) in [5.74, 6) is 2.41. The van der Waals surface area contributed by atoms with E-state index in [0.717, 1.165) is 12.1 Å². The highest BCUT2D eigenvalue weighted by Gasteiger charge is 2.30. The Morgan fingerprint density at radius 2 is 2.17 bits per heavy atom. The molecule has 1 rings (SSSR count). The van der Waals surface area contributed by atoms with Crippen LogP contribution < -0.4 is 11.1 Å². The first-order chi connectivity index (χ1) is 8.43. The van der Waals surface area contributed by atoms with Gasteiger partial charge in [0, 0.05) is 0 Å². The molecule has 0 aliphatic rings. The van der Waals surface area contributed by atoms with Gasteiger partial charge in [-0.3, -0.25) is 0 Å².